The zero-order valence-electron chi connectivity index (χ0n) is 13.1. The highest BCUT2D eigenvalue weighted by atomic mass is 32.1. The summed E-state index contributed by atoms with van der Waals surface area (Å²) >= 11 is 1.49. The maximum Gasteiger partial charge on any atom is 0.273 e. The molecule has 118 valence electrons. The van der Waals surface area contributed by atoms with E-state index in [2.05, 4.69) is 36.2 Å². The van der Waals surface area contributed by atoms with E-state index in [9.17, 15) is 4.79 Å². The molecule has 0 spiro atoms. The van der Waals surface area contributed by atoms with Crippen LogP contribution in [0.5, 0.6) is 0 Å². The van der Waals surface area contributed by atoms with Gasteiger partial charge in [0.05, 0.1) is 6.20 Å². The number of nitrogens with zero attached hydrogens (tertiary/aromatic N) is 4. The van der Waals surface area contributed by atoms with Gasteiger partial charge >= 0.3 is 0 Å². The van der Waals surface area contributed by atoms with Crippen molar-refractivity contribution in [3.8, 4) is 10.6 Å². The van der Waals surface area contributed by atoms with Crippen LogP contribution in [0, 0.1) is 0 Å². The van der Waals surface area contributed by atoms with Crippen molar-refractivity contribution in [3.63, 3.8) is 0 Å². The topological polar surface area (TPSA) is 63.1 Å². The van der Waals surface area contributed by atoms with Crippen LogP contribution in [0.2, 0.25) is 0 Å². The van der Waals surface area contributed by atoms with Gasteiger partial charge in [0.2, 0.25) is 0 Å². The Morgan fingerprint density at radius 2 is 2.32 bits per heavy atom. The molecule has 1 N–H and O–H groups in total. The number of aromatic nitrogens is 3. The van der Waals surface area contributed by atoms with E-state index in [4.69, 9.17) is 0 Å². The summed E-state index contributed by atoms with van der Waals surface area (Å²) in [6.07, 6.45) is 3.78. The van der Waals surface area contributed by atoms with Gasteiger partial charge in [0.15, 0.2) is 0 Å². The van der Waals surface area contributed by atoms with E-state index in [0.717, 1.165) is 30.2 Å². The minimum Gasteiger partial charge on any atom is -0.334 e. The summed E-state index contributed by atoms with van der Waals surface area (Å²) in [6, 6.07) is 0.650. The molecule has 1 atom stereocenters. The number of rotatable bonds is 3. The number of hydrogen-bond donors (Lipinski definition) is 1. The fourth-order valence-electron chi connectivity index (χ4n) is 2.51. The van der Waals surface area contributed by atoms with Crippen LogP contribution in [-0.4, -0.2) is 51.2 Å². The lowest BCUT2D eigenvalue weighted by molar-refractivity contribution is 0.0704. The Hall–Kier alpha value is -1.73. The molecule has 0 bridgehead atoms. The second-order valence-electron chi connectivity index (χ2n) is 5.95. The number of nitrogens with one attached hydrogen (secondary N) is 1. The first kappa shape index (κ1) is 15.2. The molecule has 2 aromatic heterocycles. The first-order chi connectivity index (χ1) is 10.5. The lowest BCUT2D eigenvalue weighted by atomic mass is 10.2. The molecule has 3 rings (SSSR count). The van der Waals surface area contributed by atoms with Crippen molar-refractivity contribution in [2.24, 2.45) is 0 Å². The molecule has 6 nitrogen and oxygen atoms in total. The van der Waals surface area contributed by atoms with Gasteiger partial charge in [-0.05, 0) is 20.8 Å². The van der Waals surface area contributed by atoms with Gasteiger partial charge in [-0.1, -0.05) is 0 Å². The predicted octanol–water partition coefficient (Wildman–Crippen LogP) is 2.02. The van der Waals surface area contributed by atoms with Crippen LogP contribution in [0.3, 0.4) is 0 Å². The van der Waals surface area contributed by atoms with Crippen LogP contribution in [0.4, 0.5) is 0 Å². The molecule has 2 aromatic rings. The molecule has 1 fully saturated rings. The van der Waals surface area contributed by atoms with Crippen molar-refractivity contribution in [1.82, 2.24) is 25.0 Å². The van der Waals surface area contributed by atoms with Crippen molar-refractivity contribution in [2.75, 3.05) is 19.6 Å². The standard InChI is InChI=1S/C15H21N5OS/c1-10(2)20-8-12(6-17-20)14-18-13(9-22-14)15(21)19-5-4-16-11(3)7-19/h6,8-11,16H,4-5,7H2,1-3H3/t11-/m0/s1. The van der Waals surface area contributed by atoms with E-state index >= 15 is 0 Å². The molecule has 0 unspecified atom stereocenters. The van der Waals surface area contributed by atoms with E-state index in [1.54, 1.807) is 6.20 Å². The highest BCUT2D eigenvalue weighted by Gasteiger charge is 2.23. The third-order valence-corrected chi connectivity index (χ3v) is 4.65. The fourth-order valence-corrected chi connectivity index (χ4v) is 3.28. The summed E-state index contributed by atoms with van der Waals surface area (Å²) in [5.74, 6) is 0.0205. The molecule has 0 saturated carbocycles. The van der Waals surface area contributed by atoms with Crippen LogP contribution in [0.15, 0.2) is 17.8 Å². The van der Waals surface area contributed by atoms with E-state index in [0.29, 0.717) is 17.8 Å². The number of carbonyl (C=O) groups excluding carboxylic acids is 1. The van der Waals surface area contributed by atoms with Gasteiger partial charge in [-0.15, -0.1) is 11.3 Å². The van der Waals surface area contributed by atoms with Crippen molar-refractivity contribution in [1.29, 1.82) is 0 Å². The Kier molecular flexibility index (Phi) is 4.26. The molecule has 22 heavy (non-hydrogen) atoms. The highest BCUT2D eigenvalue weighted by molar-refractivity contribution is 7.13. The van der Waals surface area contributed by atoms with Gasteiger partial charge < -0.3 is 10.2 Å². The Bertz CT molecular complexity index is 662. The van der Waals surface area contributed by atoms with Gasteiger partial charge in [0.25, 0.3) is 5.91 Å². The van der Waals surface area contributed by atoms with Crippen LogP contribution in [0.1, 0.15) is 37.3 Å². The van der Waals surface area contributed by atoms with E-state index in [-0.39, 0.29) is 5.91 Å². The second kappa shape index (κ2) is 6.18. The van der Waals surface area contributed by atoms with E-state index in [1.807, 2.05) is 21.2 Å². The van der Waals surface area contributed by atoms with Crippen LogP contribution < -0.4 is 5.32 Å². The lowest BCUT2D eigenvalue weighted by Gasteiger charge is -2.31. The third kappa shape index (κ3) is 3.05. The Labute approximate surface area is 134 Å². The predicted molar refractivity (Wildman–Crippen MR) is 87.1 cm³/mol. The number of amides is 1. The maximum absolute atomic E-state index is 12.5. The molecule has 1 saturated heterocycles. The third-order valence-electron chi connectivity index (χ3n) is 3.76. The Morgan fingerprint density at radius 1 is 1.50 bits per heavy atom. The van der Waals surface area contributed by atoms with Crippen molar-refractivity contribution in [3.05, 3.63) is 23.5 Å². The first-order valence-electron chi connectivity index (χ1n) is 7.57. The largest absolute Gasteiger partial charge is 0.334 e. The zero-order valence-corrected chi connectivity index (χ0v) is 13.9. The maximum atomic E-state index is 12.5. The summed E-state index contributed by atoms with van der Waals surface area (Å²) in [5.41, 5.74) is 1.50. The molecule has 0 aromatic carbocycles. The number of carbonyl (C=O) groups is 1. The summed E-state index contributed by atoms with van der Waals surface area (Å²) in [5, 5.41) is 10.4. The molecule has 0 aliphatic carbocycles. The Balaban J connectivity index is 1.76. The molecule has 0 radical (unpaired) electrons. The summed E-state index contributed by atoms with van der Waals surface area (Å²) in [6.45, 7) is 8.56. The minimum atomic E-state index is 0.0205. The summed E-state index contributed by atoms with van der Waals surface area (Å²) in [4.78, 5) is 18.9. The zero-order chi connectivity index (χ0) is 15.7. The molecule has 7 heteroatoms. The molecular weight excluding hydrogens is 298 g/mol. The van der Waals surface area contributed by atoms with E-state index < -0.39 is 0 Å². The summed E-state index contributed by atoms with van der Waals surface area (Å²) < 4.78 is 1.90. The number of hydrogen-bond acceptors (Lipinski definition) is 5. The van der Waals surface area contributed by atoms with E-state index in [1.165, 1.54) is 11.3 Å². The molecule has 1 amide bonds. The molecule has 3 heterocycles. The lowest BCUT2D eigenvalue weighted by Crippen LogP contribution is -2.51. The van der Waals surface area contributed by atoms with Gasteiger partial charge in [-0.25, -0.2) is 4.98 Å². The minimum absolute atomic E-state index is 0.0205. The highest BCUT2D eigenvalue weighted by Crippen LogP contribution is 2.24. The van der Waals surface area contributed by atoms with Crippen LogP contribution in [-0.2, 0) is 0 Å². The van der Waals surface area contributed by atoms with Gasteiger partial charge in [-0.3, -0.25) is 9.48 Å². The SMILES string of the molecule is CC(C)n1cc(-c2nc(C(=O)N3CCN[C@@H](C)C3)cs2)cn1. The Morgan fingerprint density at radius 3 is 3.00 bits per heavy atom. The first-order valence-corrected chi connectivity index (χ1v) is 8.45. The van der Waals surface area contributed by atoms with Gasteiger partial charge in [-0.2, -0.15) is 5.10 Å². The van der Waals surface area contributed by atoms with Gasteiger partial charge in [0.1, 0.15) is 10.7 Å². The van der Waals surface area contributed by atoms with Gasteiger partial charge in [0, 0.05) is 48.9 Å². The smallest absolute Gasteiger partial charge is 0.273 e. The second-order valence-corrected chi connectivity index (χ2v) is 6.81. The van der Waals surface area contributed by atoms with Crippen molar-refractivity contribution < 1.29 is 4.79 Å². The monoisotopic (exact) mass is 319 g/mol. The van der Waals surface area contributed by atoms with Crippen molar-refractivity contribution in [2.45, 2.75) is 32.9 Å². The van der Waals surface area contributed by atoms with Crippen molar-refractivity contribution >= 4 is 17.2 Å². The van der Waals surface area contributed by atoms with Crippen LogP contribution >= 0.6 is 11.3 Å². The number of piperazine rings is 1. The molecule has 1 aliphatic rings. The number of thiazole rings is 1. The molecule has 1 aliphatic heterocycles. The summed E-state index contributed by atoms with van der Waals surface area (Å²) in [7, 11) is 0. The quantitative estimate of drug-likeness (QED) is 0.940. The molecular formula is C15H21N5OS. The normalized spacial score (nSPS) is 18.9. The average molecular weight is 319 g/mol. The van der Waals surface area contributed by atoms with Crippen LogP contribution in [0.25, 0.3) is 10.6 Å². The average Bonchev–Trinajstić information content (AvgIpc) is 3.15. The fraction of sp³-hybridized carbons (Fsp3) is 0.533.